The molecule has 0 bridgehead atoms. The number of rotatable bonds is 5. The van der Waals surface area contributed by atoms with Crippen LogP contribution in [0.25, 0.3) is 72.7 Å². The van der Waals surface area contributed by atoms with Gasteiger partial charge in [0.2, 0.25) is 0 Å². The van der Waals surface area contributed by atoms with Crippen LogP contribution in [0.3, 0.4) is 0 Å². The van der Waals surface area contributed by atoms with Crippen molar-refractivity contribution in [2.75, 3.05) is 0 Å². The summed E-state index contributed by atoms with van der Waals surface area (Å²) in [7, 11) is 0. The van der Waals surface area contributed by atoms with Crippen molar-refractivity contribution in [2.45, 2.75) is 0 Å². The number of pyridine rings is 1. The number of para-hydroxylation sites is 2. The molecule has 0 aliphatic carbocycles. The maximum atomic E-state index is 6.12. The SMILES string of the molecule is [Pt+2].[c-]1c(-c2ccc(-n3cccn3)cn2)cccc1-n1c2[c-]c(-c3nc4ccccc4o3)ccc2c2cc(-n3cccn3)ccc21. The smallest absolute Gasteiger partial charge is 0.481 e. The Kier molecular flexibility index (Phi) is 6.50. The number of hydrogen-bond acceptors (Lipinski definition) is 5. The predicted molar refractivity (Wildman–Crippen MR) is 169 cm³/mol. The van der Waals surface area contributed by atoms with Gasteiger partial charge in [-0.3, -0.25) is 4.98 Å². The van der Waals surface area contributed by atoms with E-state index in [1.165, 1.54) is 0 Å². The fourth-order valence-electron chi connectivity index (χ4n) is 5.70. The second kappa shape index (κ2) is 10.8. The molecule has 0 unspecified atom stereocenters. The summed E-state index contributed by atoms with van der Waals surface area (Å²) < 4.78 is 12.0. The van der Waals surface area contributed by atoms with Crippen molar-refractivity contribution in [3.8, 4) is 39.8 Å². The van der Waals surface area contributed by atoms with Crippen molar-refractivity contribution in [2.24, 2.45) is 0 Å². The van der Waals surface area contributed by atoms with E-state index >= 15 is 0 Å². The van der Waals surface area contributed by atoms with Crippen LogP contribution < -0.4 is 0 Å². The quantitative estimate of drug-likeness (QED) is 0.169. The Morgan fingerprint density at radius 1 is 0.667 bits per heavy atom. The second-order valence-electron chi connectivity index (χ2n) is 10.4. The van der Waals surface area contributed by atoms with E-state index in [1.54, 1.807) is 17.1 Å². The summed E-state index contributed by atoms with van der Waals surface area (Å²) in [6.07, 6.45) is 9.20. The van der Waals surface area contributed by atoms with Gasteiger partial charge in [-0.25, -0.2) is 9.36 Å². The molecule has 0 saturated carbocycles. The van der Waals surface area contributed by atoms with Gasteiger partial charge in [-0.2, -0.15) is 10.2 Å². The molecule has 0 fully saturated rings. The monoisotopic (exact) mass is 762 g/mol. The summed E-state index contributed by atoms with van der Waals surface area (Å²) in [6.45, 7) is 0. The van der Waals surface area contributed by atoms with E-state index in [-0.39, 0.29) is 21.1 Å². The molecule has 45 heavy (non-hydrogen) atoms. The molecule has 216 valence electrons. The molecule has 0 N–H and O–H groups in total. The molecule has 0 radical (unpaired) electrons. The third kappa shape index (κ3) is 4.58. The summed E-state index contributed by atoms with van der Waals surface area (Å²) in [5.74, 6) is 0.529. The molecule has 0 aliphatic rings. The van der Waals surface area contributed by atoms with Gasteiger partial charge in [0, 0.05) is 36.5 Å². The average Bonchev–Trinajstić information content (AvgIpc) is 3.90. The zero-order chi connectivity index (χ0) is 29.0. The predicted octanol–water partition coefficient (Wildman–Crippen LogP) is 7.62. The summed E-state index contributed by atoms with van der Waals surface area (Å²) in [5, 5.41) is 10.9. The fraction of sp³-hybridized carbons (Fsp3) is 0. The van der Waals surface area contributed by atoms with Gasteiger partial charge in [0.25, 0.3) is 0 Å². The van der Waals surface area contributed by atoms with Crippen LogP contribution in [0.4, 0.5) is 0 Å². The third-order valence-electron chi connectivity index (χ3n) is 7.77. The number of oxazole rings is 1. The summed E-state index contributed by atoms with van der Waals surface area (Å²) in [4.78, 5) is 9.46. The molecule has 0 amide bonds. The number of aromatic nitrogens is 7. The molecule has 9 rings (SSSR count). The van der Waals surface area contributed by atoms with E-state index in [0.717, 1.165) is 66.8 Å². The minimum Gasteiger partial charge on any atom is -0.481 e. The summed E-state index contributed by atoms with van der Waals surface area (Å²) in [5.41, 5.74) is 8.70. The molecule has 9 aromatic rings. The molecular formula is C36H21N7OPt. The number of hydrogen-bond donors (Lipinski definition) is 0. The van der Waals surface area contributed by atoms with Crippen molar-refractivity contribution in [1.29, 1.82) is 0 Å². The zero-order valence-corrected chi connectivity index (χ0v) is 25.8. The maximum Gasteiger partial charge on any atom is 2.00 e. The Hall–Kier alpha value is -5.59. The molecule has 8 nitrogen and oxygen atoms in total. The van der Waals surface area contributed by atoms with Gasteiger partial charge >= 0.3 is 21.1 Å². The fourth-order valence-corrected chi connectivity index (χ4v) is 5.70. The minimum absolute atomic E-state index is 0. The van der Waals surface area contributed by atoms with Gasteiger partial charge in [-0.1, -0.05) is 29.1 Å². The number of fused-ring (bicyclic) bond motifs is 4. The standard InChI is InChI=1S/C36H21N7O.Pt/c1-2-9-35-32(8-1)40-36(44-35)25-10-13-29-30-22-26(41-18-4-16-38-41)12-15-33(30)43(34(29)21-25)27-7-3-6-24(20-27)31-14-11-28(23-37-31)42-19-5-17-39-42;/h1-19,22-23H;/q-2;+2. The van der Waals surface area contributed by atoms with Crippen molar-refractivity contribution in [3.05, 3.63) is 140 Å². The Balaban J connectivity index is 0.00000300. The second-order valence-corrected chi connectivity index (χ2v) is 10.4. The molecular weight excluding hydrogens is 742 g/mol. The van der Waals surface area contributed by atoms with Gasteiger partial charge in [-0.15, -0.1) is 48.0 Å². The average molecular weight is 763 g/mol. The van der Waals surface area contributed by atoms with Crippen molar-refractivity contribution >= 4 is 32.9 Å². The van der Waals surface area contributed by atoms with Gasteiger partial charge in [0.15, 0.2) is 0 Å². The van der Waals surface area contributed by atoms with Crippen molar-refractivity contribution in [3.63, 3.8) is 0 Å². The van der Waals surface area contributed by atoms with Crippen LogP contribution in [0.5, 0.6) is 0 Å². The molecule has 5 aromatic heterocycles. The molecule has 0 aliphatic heterocycles. The number of nitrogens with zero attached hydrogens (tertiary/aromatic N) is 7. The summed E-state index contributed by atoms with van der Waals surface area (Å²) >= 11 is 0. The zero-order valence-electron chi connectivity index (χ0n) is 23.5. The van der Waals surface area contributed by atoms with E-state index in [2.05, 4.69) is 57.2 Å². The van der Waals surface area contributed by atoms with Crippen LogP contribution in [-0.2, 0) is 21.1 Å². The molecule has 0 spiro atoms. The van der Waals surface area contributed by atoms with Gasteiger partial charge in [0.05, 0.1) is 16.9 Å². The van der Waals surface area contributed by atoms with Crippen LogP contribution in [0.2, 0.25) is 0 Å². The Labute approximate surface area is 271 Å². The Morgan fingerprint density at radius 2 is 1.49 bits per heavy atom. The normalized spacial score (nSPS) is 11.4. The molecule has 0 atom stereocenters. The molecule has 5 heterocycles. The first-order valence-electron chi connectivity index (χ1n) is 14.1. The largest absolute Gasteiger partial charge is 2.00 e. The van der Waals surface area contributed by atoms with Gasteiger partial charge in [-0.05, 0) is 70.8 Å². The Bertz CT molecular complexity index is 2410. The van der Waals surface area contributed by atoms with Crippen LogP contribution in [0.15, 0.2) is 132 Å². The van der Waals surface area contributed by atoms with Crippen molar-refractivity contribution < 1.29 is 25.5 Å². The minimum atomic E-state index is 0. The van der Waals surface area contributed by atoms with E-state index < -0.39 is 0 Å². The van der Waals surface area contributed by atoms with Crippen LogP contribution in [-0.4, -0.2) is 34.1 Å². The first-order chi connectivity index (χ1) is 21.8. The first kappa shape index (κ1) is 27.0. The van der Waals surface area contributed by atoms with Crippen LogP contribution in [0, 0.1) is 12.1 Å². The Morgan fingerprint density at radius 3 is 2.27 bits per heavy atom. The maximum absolute atomic E-state index is 6.12. The van der Waals surface area contributed by atoms with Gasteiger partial charge < -0.3 is 14.0 Å². The molecule has 4 aromatic carbocycles. The van der Waals surface area contributed by atoms with Crippen LogP contribution >= 0.6 is 0 Å². The first-order valence-corrected chi connectivity index (χ1v) is 14.1. The summed E-state index contributed by atoms with van der Waals surface area (Å²) in [6, 6.07) is 39.5. The van der Waals surface area contributed by atoms with E-state index in [0.29, 0.717) is 5.89 Å². The van der Waals surface area contributed by atoms with Crippen LogP contribution in [0.1, 0.15) is 0 Å². The van der Waals surface area contributed by atoms with E-state index in [4.69, 9.17) is 14.4 Å². The van der Waals surface area contributed by atoms with E-state index in [1.807, 2.05) is 90.0 Å². The van der Waals surface area contributed by atoms with Crippen molar-refractivity contribution in [1.82, 2.24) is 34.1 Å². The molecule has 9 heteroatoms. The van der Waals surface area contributed by atoms with E-state index in [9.17, 15) is 0 Å². The number of benzene rings is 4. The topological polar surface area (TPSA) is 79.5 Å². The molecule has 0 saturated heterocycles. The third-order valence-corrected chi connectivity index (χ3v) is 7.77. The van der Waals surface area contributed by atoms with Gasteiger partial charge in [0.1, 0.15) is 11.5 Å².